The van der Waals surface area contributed by atoms with Crippen molar-refractivity contribution < 1.29 is 32.6 Å². The Hall–Kier alpha value is -3.30. The average Bonchev–Trinajstić information content (AvgIpc) is 3.28. The van der Waals surface area contributed by atoms with Gasteiger partial charge >= 0.3 is 12.5 Å². The summed E-state index contributed by atoms with van der Waals surface area (Å²) < 4.78 is 35.4. The Kier molecular flexibility index (Phi) is 8.66. The molecule has 2 fully saturated rings. The molecule has 3 amide bonds. The van der Waals surface area contributed by atoms with Gasteiger partial charge in [-0.25, -0.2) is 4.79 Å². The Morgan fingerprint density at radius 3 is 2.53 bits per heavy atom. The number of hydrogen-bond acceptors (Lipinski definition) is 6. The molecule has 12 heteroatoms. The number of alkyl halides is 2. The van der Waals surface area contributed by atoms with Crippen LogP contribution >= 0.6 is 8.19 Å². The molecule has 1 N–H and O–H groups in total. The molecule has 36 heavy (non-hydrogen) atoms. The molecule has 2 saturated heterocycles. The van der Waals surface area contributed by atoms with Crippen LogP contribution in [0.3, 0.4) is 0 Å². The number of hydrogen-bond donors (Lipinski definition) is 1. The van der Waals surface area contributed by atoms with Gasteiger partial charge in [0.25, 0.3) is 5.91 Å². The molecule has 0 unspecified atom stereocenters. The van der Waals surface area contributed by atoms with Gasteiger partial charge in [0.1, 0.15) is 12.7 Å². The summed E-state index contributed by atoms with van der Waals surface area (Å²) in [7, 11) is 0.891. The molecular weight excluding hydrogens is 493 g/mol. The van der Waals surface area contributed by atoms with E-state index in [0.717, 1.165) is 19.2 Å². The lowest BCUT2D eigenvalue weighted by atomic mass is 10.2. The number of halogens is 2. The molecule has 2 aliphatic heterocycles. The number of rotatable bonds is 9. The predicted octanol–water partition coefficient (Wildman–Crippen LogP) is 2.84. The molecule has 1 aromatic carbocycles. The Labute approximate surface area is 209 Å². The smallest absolute Gasteiger partial charge is 0.414 e. The molecule has 192 valence electrons. The van der Waals surface area contributed by atoms with Crippen LogP contribution in [-0.2, 0) is 25.7 Å². The van der Waals surface area contributed by atoms with Gasteiger partial charge in [-0.1, -0.05) is 30.3 Å². The van der Waals surface area contributed by atoms with Gasteiger partial charge in [0, 0.05) is 26.2 Å². The third-order valence-corrected chi connectivity index (χ3v) is 7.00. The van der Waals surface area contributed by atoms with Crippen molar-refractivity contribution in [1.29, 1.82) is 0 Å². The number of cyclic esters (lactones) is 1. The Morgan fingerprint density at radius 1 is 1.11 bits per heavy atom. The van der Waals surface area contributed by atoms with Gasteiger partial charge in [-0.2, -0.15) is 8.78 Å². The number of carbonyl (C=O) groups excluding carboxylic acids is 3. The van der Waals surface area contributed by atoms with E-state index in [4.69, 9.17) is 9.47 Å². The quantitative estimate of drug-likeness (QED) is 0.547. The maximum absolute atomic E-state index is 12.5. The fraction of sp³-hybridized carbons (Fsp3) is 0.417. The highest BCUT2D eigenvalue weighted by Crippen LogP contribution is 2.32. The minimum Gasteiger partial charge on any atom is -0.442 e. The van der Waals surface area contributed by atoms with E-state index >= 15 is 0 Å². The van der Waals surface area contributed by atoms with Crippen LogP contribution in [0.2, 0.25) is 0 Å². The first-order valence-corrected chi connectivity index (χ1v) is 12.5. The number of benzene rings is 1. The molecule has 2 aromatic rings. The first-order valence-electron chi connectivity index (χ1n) is 11.5. The van der Waals surface area contributed by atoms with Crippen LogP contribution in [0.5, 0.6) is 0 Å². The molecule has 1 aromatic heterocycles. The number of nitrogens with one attached hydrogen (secondary N) is 1. The van der Waals surface area contributed by atoms with Crippen molar-refractivity contribution >= 4 is 37.2 Å². The van der Waals surface area contributed by atoms with Crippen molar-refractivity contribution in [2.75, 3.05) is 55.7 Å². The molecule has 1 atom stereocenters. The molecule has 3 heterocycles. The summed E-state index contributed by atoms with van der Waals surface area (Å²) in [5.41, 5.74) is 2.73. The fourth-order valence-electron chi connectivity index (χ4n) is 3.96. The van der Waals surface area contributed by atoms with Crippen LogP contribution in [0.1, 0.15) is 5.56 Å². The second kappa shape index (κ2) is 12.1. The Bertz CT molecular complexity index is 1050. The highest BCUT2D eigenvalue weighted by molar-refractivity contribution is 7.33. The number of carbonyl (C=O) groups is 3. The maximum atomic E-state index is 12.5. The van der Waals surface area contributed by atoms with Gasteiger partial charge in [0.05, 0.1) is 30.8 Å². The summed E-state index contributed by atoms with van der Waals surface area (Å²) in [6.07, 6.45) is -4.39. The number of ether oxygens (including phenoxy) is 2. The number of nitrogens with zero attached hydrogens (tertiary/aromatic N) is 3. The van der Waals surface area contributed by atoms with E-state index in [0.29, 0.717) is 38.5 Å². The zero-order valence-electron chi connectivity index (χ0n) is 19.5. The van der Waals surface area contributed by atoms with Crippen LogP contribution in [-0.4, -0.2) is 81.2 Å². The summed E-state index contributed by atoms with van der Waals surface area (Å²) in [6.45, 7) is 3.03. The highest BCUT2D eigenvalue weighted by atomic mass is 31.0. The molecule has 0 spiro atoms. The molecule has 2 aliphatic rings. The van der Waals surface area contributed by atoms with Gasteiger partial charge < -0.3 is 24.6 Å². The Balaban J connectivity index is 1.22. The number of amides is 3. The molecule has 4 rings (SSSR count). The van der Waals surface area contributed by atoms with Gasteiger partial charge in [-0.15, -0.1) is 0 Å². The van der Waals surface area contributed by atoms with Crippen LogP contribution < -0.4 is 15.1 Å². The zero-order chi connectivity index (χ0) is 25.5. The minimum absolute atomic E-state index is 0.0265. The largest absolute Gasteiger partial charge is 0.442 e. The van der Waals surface area contributed by atoms with Crippen LogP contribution in [0.15, 0.2) is 48.3 Å². The van der Waals surface area contributed by atoms with Crippen LogP contribution in [0, 0.1) is 0 Å². The van der Waals surface area contributed by atoms with Crippen molar-refractivity contribution in [3.05, 3.63) is 53.8 Å². The van der Waals surface area contributed by atoms with Crippen LogP contribution in [0.25, 0.3) is 0 Å². The van der Waals surface area contributed by atoms with E-state index in [1.807, 2.05) is 48.3 Å². The second-order valence-corrected chi connectivity index (χ2v) is 9.36. The topological polar surface area (TPSA) is 91.4 Å². The highest BCUT2D eigenvalue weighted by Gasteiger charge is 2.33. The standard InChI is InChI=1S/C24H27F2N4O5P/c25-22(26)23(32)27-12-19-13-30(24(33)35-19)18-6-7-21(36-16-18)29-10-8-28(9-11-29)20(31)15-34-14-17-4-2-1-3-5-17/h1-7,16,19,22H,8-15H2,(H,27,32)/t19-/m0/s1. The fourth-order valence-corrected chi connectivity index (χ4v) is 4.98. The summed E-state index contributed by atoms with van der Waals surface area (Å²) in [5.74, 6) is 0.466. The maximum Gasteiger partial charge on any atom is 0.414 e. The molecule has 0 radical (unpaired) electrons. The third kappa shape index (κ3) is 6.67. The molecular formula is C24H27F2N4O5P. The van der Waals surface area contributed by atoms with Gasteiger partial charge in [-0.05, 0) is 31.7 Å². The Morgan fingerprint density at radius 2 is 1.86 bits per heavy atom. The minimum atomic E-state index is -3.11. The first-order chi connectivity index (χ1) is 17.4. The third-order valence-electron chi connectivity index (χ3n) is 5.91. The molecule has 0 bridgehead atoms. The summed E-state index contributed by atoms with van der Waals surface area (Å²) in [5, 5.41) is 2.07. The van der Waals surface area contributed by atoms with Gasteiger partial charge in [0.15, 0.2) is 0 Å². The van der Waals surface area contributed by atoms with Crippen molar-refractivity contribution in [2.24, 2.45) is 0 Å². The van der Waals surface area contributed by atoms with E-state index in [1.54, 1.807) is 4.90 Å². The van der Waals surface area contributed by atoms with E-state index < -0.39 is 24.5 Å². The lowest BCUT2D eigenvalue weighted by molar-refractivity contribution is -0.136. The van der Waals surface area contributed by atoms with E-state index in [1.165, 1.54) is 4.90 Å². The number of piperazine rings is 1. The molecule has 0 saturated carbocycles. The number of anilines is 2. The zero-order valence-corrected chi connectivity index (χ0v) is 20.4. The monoisotopic (exact) mass is 520 g/mol. The normalized spacial score (nSPS) is 18.1. The van der Waals surface area contributed by atoms with Gasteiger partial charge in [0.2, 0.25) is 5.91 Å². The van der Waals surface area contributed by atoms with E-state index in [9.17, 15) is 23.2 Å². The van der Waals surface area contributed by atoms with Gasteiger partial charge in [-0.3, -0.25) is 14.5 Å². The molecule has 0 aliphatic carbocycles. The van der Waals surface area contributed by atoms with Crippen molar-refractivity contribution in [2.45, 2.75) is 19.1 Å². The lowest BCUT2D eigenvalue weighted by Gasteiger charge is -2.36. The first kappa shape index (κ1) is 25.8. The lowest BCUT2D eigenvalue weighted by Crippen LogP contribution is -2.49. The van der Waals surface area contributed by atoms with Crippen molar-refractivity contribution in [3.8, 4) is 0 Å². The SMILES string of the molecule is O=C(NC[C@H]1CN(c2ccc(N3CCN(C(=O)COCc4ccccc4)CC3)pc2)C(=O)O1)C(F)F. The van der Waals surface area contributed by atoms with Crippen LogP contribution in [0.4, 0.5) is 24.7 Å². The summed E-state index contributed by atoms with van der Waals surface area (Å²) >= 11 is 0. The average molecular weight is 520 g/mol. The van der Waals surface area contributed by atoms with E-state index in [-0.39, 0.29) is 25.6 Å². The predicted molar refractivity (Wildman–Crippen MR) is 130 cm³/mol. The summed E-state index contributed by atoms with van der Waals surface area (Å²) in [6, 6.07) is 13.5. The van der Waals surface area contributed by atoms with Crippen molar-refractivity contribution in [1.82, 2.24) is 10.2 Å². The summed E-state index contributed by atoms with van der Waals surface area (Å²) in [4.78, 5) is 41.1. The van der Waals surface area contributed by atoms with Crippen molar-refractivity contribution in [3.63, 3.8) is 0 Å². The van der Waals surface area contributed by atoms with E-state index in [2.05, 4.69) is 10.2 Å². The molecule has 9 nitrogen and oxygen atoms in total. The second-order valence-electron chi connectivity index (χ2n) is 8.38.